The number of hydrogen-bond acceptors (Lipinski definition) is 7. The Hall–Kier alpha value is -3.72. The van der Waals surface area contributed by atoms with Crippen molar-refractivity contribution < 1.29 is 23.5 Å². The third-order valence-corrected chi connectivity index (χ3v) is 7.63. The highest BCUT2D eigenvalue weighted by Crippen LogP contribution is 2.41. The maximum atomic E-state index is 13.7. The quantitative estimate of drug-likeness (QED) is 0.312. The molecule has 0 spiro atoms. The fraction of sp³-hybridized carbons (Fsp3) is 0.393. The maximum absolute atomic E-state index is 13.7. The molecule has 9 nitrogen and oxygen atoms in total. The van der Waals surface area contributed by atoms with Crippen molar-refractivity contribution in [3.63, 3.8) is 0 Å². The molecule has 10 heteroatoms. The number of amides is 1. The van der Waals surface area contributed by atoms with Crippen molar-refractivity contribution in [3.8, 4) is 17.2 Å². The average Bonchev–Trinajstić information content (AvgIpc) is 3.29. The number of ether oxygens (including phenoxy) is 3. The van der Waals surface area contributed by atoms with E-state index in [4.69, 9.17) is 30.3 Å². The number of carbonyl (C=O) groups is 1. The molecule has 2 aromatic heterocycles. The van der Waals surface area contributed by atoms with Gasteiger partial charge in [0.2, 0.25) is 11.7 Å². The summed E-state index contributed by atoms with van der Waals surface area (Å²) in [5.74, 6) is 1.38. The predicted molar refractivity (Wildman–Crippen MR) is 146 cm³/mol. The lowest BCUT2D eigenvalue weighted by Gasteiger charge is -2.31. The van der Waals surface area contributed by atoms with Gasteiger partial charge in [0, 0.05) is 30.3 Å². The number of hydrogen-bond donors (Lipinski definition) is 1. The molecule has 1 aliphatic carbocycles. The minimum absolute atomic E-state index is 0.0742. The Kier molecular flexibility index (Phi) is 7.21. The molecule has 5 rings (SSSR count). The van der Waals surface area contributed by atoms with Crippen LogP contribution in [0.25, 0.3) is 21.9 Å². The average molecular weight is 540 g/mol. The van der Waals surface area contributed by atoms with Gasteiger partial charge in [0.25, 0.3) is 5.56 Å². The zero-order chi connectivity index (χ0) is 27.0. The van der Waals surface area contributed by atoms with Crippen molar-refractivity contribution in [2.24, 2.45) is 5.92 Å². The van der Waals surface area contributed by atoms with Gasteiger partial charge in [-0.2, -0.15) is 0 Å². The summed E-state index contributed by atoms with van der Waals surface area (Å²) >= 11 is 6.56. The summed E-state index contributed by atoms with van der Waals surface area (Å²) in [5.41, 5.74) is 2.10. The van der Waals surface area contributed by atoms with Crippen LogP contribution in [0.4, 0.5) is 5.69 Å². The molecular weight excluding hydrogens is 510 g/mol. The van der Waals surface area contributed by atoms with Gasteiger partial charge < -0.3 is 28.6 Å². The van der Waals surface area contributed by atoms with Crippen LogP contribution in [-0.2, 0) is 4.79 Å². The molecule has 2 unspecified atom stereocenters. The van der Waals surface area contributed by atoms with Crippen LogP contribution in [0.2, 0.25) is 5.02 Å². The molecule has 0 aliphatic heterocycles. The van der Waals surface area contributed by atoms with Crippen LogP contribution in [0.15, 0.2) is 39.6 Å². The number of nitrogens with zero attached hydrogens (tertiary/aromatic N) is 2. The van der Waals surface area contributed by atoms with E-state index in [1.165, 1.54) is 21.3 Å². The first-order valence-corrected chi connectivity index (χ1v) is 12.9. The number of aromatic nitrogens is 2. The standard InChI is InChI=1S/C28H30ClN3O6/c1-15-24-27(38-31-15)25-19(29)9-6-10-20(25)32(28(24)34)18-8-5-7-16(11-18)12-23(33)30-17-13-21(35-2)26(37-4)22(14-17)36-3/h6,9-10,13-14,16,18H,5,7-8,11-12H2,1-4H3,(H,30,33). The summed E-state index contributed by atoms with van der Waals surface area (Å²) in [6.45, 7) is 1.76. The molecule has 2 aromatic carbocycles. The van der Waals surface area contributed by atoms with E-state index >= 15 is 0 Å². The number of methoxy groups -OCH3 is 3. The molecule has 2 heterocycles. The first-order valence-electron chi connectivity index (χ1n) is 12.5. The fourth-order valence-corrected chi connectivity index (χ4v) is 5.89. The Morgan fingerprint density at radius 3 is 2.55 bits per heavy atom. The van der Waals surface area contributed by atoms with Gasteiger partial charge in [-0.05, 0) is 44.2 Å². The van der Waals surface area contributed by atoms with Gasteiger partial charge in [-0.3, -0.25) is 9.59 Å². The molecule has 0 bridgehead atoms. The van der Waals surface area contributed by atoms with E-state index in [1.807, 2.05) is 16.7 Å². The lowest BCUT2D eigenvalue weighted by molar-refractivity contribution is -0.117. The van der Waals surface area contributed by atoms with Crippen molar-refractivity contribution in [3.05, 3.63) is 51.4 Å². The van der Waals surface area contributed by atoms with E-state index in [2.05, 4.69) is 10.5 Å². The summed E-state index contributed by atoms with van der Waals surface area (Å²) in [6, 6.07) is 8.84. The van der Waals surface area contributed by atoms with Crippen molar-refractivity contribution in [1.82, 2.24) is 9.72 Å². The van der Waals surface area contributed by atoms with Gasteiger partial charge in [-0.15, -0.1) is 0 Å². The number of fused-ring (bicyclic) bond motifs is 3. The number of aryl methyl sites for hydroxylation is 1. The normalized spacial score (nSPS) is 17.5. The molecule has 200 valence electrons. The van der Waals surface area contributed by atoms with Crippen molar-refractivity contribution in [1.29, 1.82) is 0 Å². The zero-order valence-corrected chi connectivity index (χ0v) is 22.6. The first kappa shape index (κ1) is 25.9. The maximum Gasteiger partial charge on any atom is 0.264 e. The number of anilines is 1. The van der Waals surface area contributed by atoms with E-state index < -0.39 is 0 Å². The van der Waals surface area contributed by atoms with Crippen molar-refractivity contribution in [2.75, 3.05) is 26.6 Å². The largest absolute Gasteiger partial charge is 0.493 e. The Labute approximate surface area is 224 Å². The lowest BCUT2D eigenvalue weighted by atomic mass is 9.83. The summed E-state index contributed by atoms with van der Waals surface area (Å²) in [4.78, 5) is 26.7. The second kappa shape index (κ2) is 10.6. The second-order valence-corrected chi connectivity index (χ2v) is 10.0. The van der Waals surface area contributed by atoms with Gasteiger partial charge >= 0.3 is 0 Å². The number of carbonyl (C=O) groups excluding carboxylic acids is 1. The van der Waals surface area contributed by atoms with E-state index in [1.54, 1.807) is 25.1 Å². The van der Waals surface area contributed by atoms with Gasteiger partial charge in [0.05, 0.1) is 42.9 Å². The van der Waals surface area contributed by atoms with E-state index in [9.17, 15) is 9.59 Å². The summed E-state index contributed by atoms with van der Waals surface area (Å²) in [5, 5.41) is 8.65. The highest BCUT2D eigenvalue weighted by molar-refractivity contribution is 6.37. The van der Waals surface area contributed by atoms with Gasteiger partial charge in [-0.25, -0.2) is 0 Å². The number of nitrogens with one attached hydrogen (secondary N) is 1. The van der Waals surface area contributed by atoms with Crippen LogP contribution in [0.3, 0.4) is 0 Å². The Morgan fingerprint density at radius 2 is 1.87 bits per heavy atom. The third kappa shape index (κ3) is 4.55. The van der Waals surface area contributed by atoms with Crippen LogP contribution < -0.4 is 25.1 Å². The number of rotatable bonds is 7. The zero-order valence-electron chi connectivity index (χ0n) is 21.8. The lowest BCUT2D eigenvalue weighted by Crippen LogP contribution is -2.30. The minimum atomic E-state index is -0.138. The monoisotopic (exact) mass is 539 g/mol. The molecule has 38 heavy (non-hydrogen) atoms. The molecule has 2 atom stereocenters. The van der Waals surface area contributed by atoms with Crippen molar-refractivity contribution >= 4 is 45.1 Å². The van der Waals surface area contributed by atoms with Gasteiger partial charge in [0.1, 0.15) is 5.39 Å². The summed E-state index contributed by atoms with van der Waals surface area (Å²) in [7, 11) is 4.59. The first-order chi connectivity index (χ1) is 18.4. The van der Waals surface area contributed by atoms with Crippen LogP contribution in [0, 0.1) is 12.8 Å². The summed E-state index contributed by atoms with van der Waals surface area (Å²) in [6.07, 6.45) is 3.67. The highest BCUT2D eigenvalue weighted by atomic mass is 35.5. The fourth-order valence-electron chi connectivity index (χ4n) is 5.63. The number of benzene rings is 2. The minimum Gasteiger partial charge on any atom is -0.493 e. The second-order valence-electron chi connectivity index (χ2n) is 9.63. The molecule has 1 N–H and O–H groups in total. The number of halogens is 1. The van der Waals surface area contributed by atoms with E-state index in [-0.39, 0.29) is 23.4 Å². The third-order valence-electron chi connectivity index (χ3n) is 7.32. The molecule has 0 saturated heterocycles. The van der Waals surface area contributed by atoms with Crippen LogP contribution in [0.1, 0.15) is 43.8 Å². The molecule has 1 saturated carbocycles. The van der Waals surface area contributed by atoms with E-state index in [0.717, 1.165) is 24.8 Å². The smallest absolute Gasteiger partial charge is 0.264 e. The molecule has 0 radical (unpaired) electrons. The summed E-state index contributed by atoms with van der Waals surface area (Å²) < 4.78 is 23.5. The Balaban J connectivity index is 1.40. The molecule has 1 amide bonds. The van der Waals surface area contributed by atoms with Crippen LogP contribution in [0.5, 0.6) is 17.2 Å². The predicted octanol–water partition coefficient (Wildman–Crippen LogP) is 5.89. The van der Waals surface area contributed by atoms with Crippen LogP contribution in [-0.4, -0.2) is 37.0 Å². The molecule has 1 aliphatic rings. The highest BCUT2D eigenvalue weighted by Gasteiger charge is 2.29. The van der Waals surface area contributed by atoms with Crippen molar-refractivity contribution in [2.45, 2.75) is 45.1 Å². The topological polar surface area (TPSA) is 105 Å². The number of pyridine rings is 1. The van der Waals surface area contributed by atoms with Gasteiger partial charge in [0.15, 0.2) is 17.1 Å². The molecular formula is C28H30ClN3O6. The van der Waals surface area contributed by atoms with Gasteiger partial charge in [-0.1, -0.05) is 29.2 Å². The van der Waals surface area contributed by atoms with Crippen LogP contribution >= 0.6 is 11.6 Å². The molecule has 1 fully saturated rings. The Bertz CT molecular complexity index is 1550. The van der Waals surface area contributed by atoms with E-state index in [0.29, 0.717) is 62.8 Å². The Morgan fingerprint density at radius 1 is 1.13 bits per heavy atom. The molecule has 4 aromatic rings. The SMILES string of the molecule is COc1cc(NC(=O)CC2CCCC(n3c(=O)c4c(C)noc4c4c(Cl)cccc43)C2)cc(OC)c1OC.